The van der Waals surface area contributed by atoms with Gasteiger partial charge in [-0.15, -0.1) is 11.6 Å². The van der Waals surface area contributed by atoms with Gasteiger partial charge in [0.15, 0.2) is 0 Å². The number of nitrogens with zero attached hydrogens (tertiary/aromatic N) is 1. The average molecular weight is 463 g/mol. The molecule has 166 valence electrons. The summed E-state index contributed by atoms with van der Waals surface area (Å²) < 4.78 is 5.23. The first kappa shape index (κ1) is 23.4. The molecule has 0 saturated heterocycles. The van der Waals surface area contributed by atoms with Crippen LogP contribution >= 0.6 is 23.2 Å². The van der Waals surface area contributed by atoms with Crippen LogP contribution in [0.4, 0.5) is 5.69 Å². The van der Waals surface area contributed by atoms with E-state index in [-0.39, 0.29) is 23.7 Å². The van der Waals surface area contributed by atoms with Crippen LogP contribution in [0.2, 0.25) is 5.02 Å². The molecule has 1 aliphatic rings. The molecule has 5 nitrogen and oxygen atoms in total. The Bertz CT molecular complexity index is 904. The molecule has 0 heterocycles. The first-order valence-electron chi connectivity index (χ1n) is 10.5. The van der Waals surface area contributed by atoms with Crippen LogP contribution < -0.4 is 15.0 Å². The molecule has 31 heavy (non-hydrogen) atoms. The molecule has 1 fully saturated rings. The van der Waals surface area contributed by atoms with E-state index >= 15 is 0 Å². The molecular weight excluding hydrogens is 435 g/mol. The fourth-order valence-corrected chi connectivity index (χ4v) is 4.50. The fourth-order valence-electron chi connectivity index (χ4n) is 4.13. The normalized spacial score (nSPS) is 19.4. The van der Waals surface area contributed by atoms with E-state index in [9.17, 15) is 9.59 Å². The van der Waals surface area contributed by atoms with Crippen molar-refractivity contribution in [2.24, 2.45) is 5.92 Å². The highest BCUT2D eigenvalue weighted by atomic mass is 35.5. The molecular formula is C24H28Cl2N2O3. The summed E-state index contributed by atoms with van der Waals surface area (Å²) in [5.41, 5.74) is 1.10. The molecule has 0 radical (unpaired) electrons. The highest BCUT2D eigenvalue weighted by Crippen LogP contribution is 2.34. The van der Waals surface area contributed by atoms with Gasteiger partial charge in [0.2, 0.25) is 11.8 Å². The third-order valence-corrected chi connectivity index (χ3v) is 6.45. The number of anilines is 1. The van der Waals surface area contributed by atoms with Crippen molar-refractivity contribution in [2.75, 3.05) is 17.9 Å². The van der Waals surface area contributed by atoms with Gasteiger partial charge in [0.05, 0.1) is 7.11 Å². The van der Waals surface area contributed by atoms with Crippen LogP contribution in [-0.2, 0) is 9.59 Å². The topological polar surface area (TPSA) is 58.6 Å². The molecule has 0 unspecified atom stereocenters. The molecule has 1 N–H and O–H groups in total. The van der Waals surface area contributed by atoms with Gasteiger partial charge >= 0.3 is 0 Å². The van der Waals surface area contributed by atoms with Gasteiger partial charge in [0.25, 0.3) is 0 Å². The van der Waals surface area contributed by atoms with Gasteiger partial charge in [-0.2, -0.15) is 0 Å². The summed E-state index contributed by atoms with van der Waals surface area (Å²) in [4.78, 5) is 28.1. The van der Waals surface area contributed by atoms with E-state index in [2.05, 4.69) is 12.2 Å². The second kappa shape index (κ2) is 10.9. The van der Waals surface area contributed by atoms with Crippen molar-refractivity contribution in [1.82, 2.24) is 5.32 Å². The van der Waals surface area contributed by atoms with E-state index in [1.165, 1.54) is 11.3 Å². The molecule has 1 saturated carbocycles. The zero-order valence-corrected chi connectivity index (χ0v) is 19.3. The minimum atomic E-state index is -0.942. The van der Waals surface area contributed by atoms with Crippen LogP contribution in [0.25, 0.3) is 0 Å². The average Bonchev–Trinajstić information content (AvgIpc) is 2.79. The lowest BCUT2D eigenvalue weighted by molar-refractivity contribution is -0.126. The molecule has 0 aliphatic heterocycles. The van der Waals surface area contributed by atoms with Crippen molar-refractivity contribution in [2.45, 2.75) is 44.7 Å². The van der Waals surface area contributed by atoms with Crippen molar-refractivity contribution < 1.29 is 14.3 Å². The van der Waals surface area contributed by atoms with Crippen molar-refractivity contribution in [1.29, 1.82) is 0 Å². The highest BCUT2D eigenvalue weighted by molar-refractivity contribution is 6.32. The number of carbonyl (C=O) groups is 2. The molecule has 2 aromatic carbocycles. The van der Waals surface area contributed by atoms with Crippen LogP contribution in [0.3, 0.4) is 0 Å². The second-order valence-electron chi connectivity index (χ2n) is 7.90. The Morgan fingerprint density at radius 3 is 2.42 bits per heavy atom. The van der Waals surface area contributed by atoms with Crippen molar-refractivity contribution in [3.63, 3.8) is 0 Å². The third-order valence-electron chi connectivity index (χ3n) is 5.88. The zero-order chi connectivity index (χ0) is 22.4. The molecule has 2 amide bonds. The number of rotatable bonds is 7. The van der Waals surface area contributed by atoms with Gasteiger partial charge in [-0.3, -0.25) is 14.5 Å². The number of benzene rings is 2. The molecule has 0 spiro atoms. The molecule has 3 atom stereocenters. The maximum absolute atomic E-state index is 13.6. The third kappa shape index (κ3) is 5.52. The SMILES string of the molecule is COc1ccc(N(C(=O)CCl)[C@H](C(=O)N[C@H]2CCCC[C@H]2C)c2ccccc2Cl)cc1. The van der Waals surface area contributed by atoms with E-state index in [0.29, 0.717) is 27.9 Å². The number of ether oxygens (including phenoxy) is 1. The van der Waals surface area contributed by atoms with Crippen molar-refractivity contribution in [3.05, 3.63) is 59.1 Å². The second-order valence-corrected chi connectivity index (χ2v) is 8.57. The van der Waals surface area contributed by atoms with E-state index in [1.54, 1.807) is 49.6 Å². The summed E-state index contributed by atoms with van der Waals surface area (Å²) in [7, 11) is 1.57. The predicted octanol–water partition coefficient (Wildman–Crippen LogP) is 5.36. The Hall–Kier alpha value is -2.24. The van der Waals surface area contributed by atoms with E-state index in [0.717, 1.165) is 19.3 Å². The number of amides is 2. The summed E-state index contributed by atoms with van der Waals surface area (Å²) in [6, 6.07) is 13.2. The number of carbonyl (C=O) groups excluding carboxylic acids is 2. The van der Waals surface area contributed by atoms with Crippen molar-refractivity contribution in [3.8, 4) is 5.75 Å². The summed E-state index contributed by atoms with van der Waals surface area (Å²) in [5, 5.41) is 3.60. The van der Waals surface area contributed by atoms with E-state index in [1.807, 2.05) is 6.07 Å². The minimum Gasteiger partial charge on any atom is -0.497 e. The number of methoxy groups -OCH3 is 1. The Kier molecular flexibility index (Phi) is 8.22. The lowest BCUT2D eigenvalue weighted by Gasteiger charge is -2.35. The fraction of sp³-hybridized carbons (Fsp3) is 0.417. The maximum Gasteiger partial charge on any atom is 0.248 e. The van der Waals surface area contributed by atoms with Crippen LogP contribution in [0.1, 0.15) is 44.2 Å². The van der Waals surface area contributed by atoms with Gasteiger partial charge in [0, 0.05) is 22.3 Å². The number of hydrogen-bond donors (Lipinski definition) is 1. The molecule has 0 bridgehead atoms. The van der Waals surface area contributed by atoms with Gasteiger partial charge in [0.1, 0.15) is 17.7 Å². The van der Waals surface area contributed by atoms with Gasteiger partial charge in [-0.25, -0.2) is 0 Å². The molecule has 2 aromatic rings. The van der Waals surface area contributed by atoms with E-state index < -0.39 is 6.04 Å². The summed E-state index contributed by atoms with van der Waals surface area (Å²) in [5.74, 6) is 0.115. The summed E-state index contributed by atoms with van der Waals surface area (Å²) in [6.45, 7) is 2.15. The van der Waals surface area contributed by atoms with E-state index in [4.69, 9.17) is 27.9 Å². The van der Waals surface area contributed by atoms with Crippen LogP contribution in [0, 0.1) is 5.92 Å². The molecule has 0 aromatic heterocycles. The number of alkyl halides is 1. The van der Waals surface area contributed by atoms with Gasteiger partial charge < -0.3 is 10.1 Å². The van der Waals surface area contributed by atoms with Gasteiger partial charge in [-0.05, 0) is 49.1 Å². The van der Waals surface area contributed by atoms with Crippen LogP contribution in [-0.4, -0.2) is 30.8 Å². The first-order valence-corrected chi connectivity index (χ1v) is 11.4. The van der Waals surface area contributed by atoms with Gasteiger partial charge in [-0.1, -0.05) is 49.6 Å². The number of nitrogens with one attached hydrogen (secondary N) is 1. The van der Waals surface area contributed by atoms with Crippen molar-refractivity contribution >= 4 is 40.7 Å². The summed E-state index contributed by atoms with van der Waals surface area (Å²) in [6.07, 6.45) is 4.25. The maximum atomic E-state index is 13.6. The lowest BCUT2D eigenvalue weighted by Crippen LogP contribution is -2.49. The number of halogens is 2. The quantitative estimate of drug-likeness (QED) is 0.563. The number of hydrogen-bond acceptors (Lipinski definition) is 3. The Balaban J connectivity index is 2.04. The highest BCUT2D eigenvalue weighted by Gasteiger charge is 2.35. The Morgan fingerprint density at radius 1 is 1.13 bits per heavy atom. The standard InChI is InChI=1S/C24H28Cl2N2O3/c1-16-7-3-6-10-21(16)27-24(30)23(19-8-4-5-9-20(19)26)28(22(29)15-25)17-11-13-18(31-2)14-12-17/h4-5,8-9,11-14,16,21,23H,3,6-7,10,15H2,1-2H3,(H,27,30)/t16-,21+,23+/m1/s1. The van der Waals surface area contributed by atoms with Crippen LogP contribution in [0.15, 0.2) is 48.5 Å². The molecule has 7 heteroatoms. The largest absolute Gasteiger partial charge is 0.497 e. The minimum absolute atomic E-state index is 0.0649. The summed E-state index contributed by atoms with van der Waals surface area (Å²) >= 11 is 12.5. The smallest absolute Gasteiger partial charge is 0.248 e. The van der Waals surface area contributed by atoms with Crippen LogP contribution in [0.5, 0.6) is 5.75 Å². The monoisotopic (exact) mass is 462 g/mol. The molecule has 1 aliphatic carbocycles. The lowest BCUT2D eigenvalue weighted by atomic mass is 9.85. The zero-order valence-electron chi connectivity index (χ0n) is 17.8. The first-order chi connectivity index (χ1) is 15.0. The molecule has 3 rings (SSSR count). The Morgan fingerprint density at radius 2 is 1.81 bits per heavy atom. The Labute approximate surface area is 193 Å². The predicted molar refractivity (Wildman–Crippen MR) is 125 cm³/mol.